The minimum absolute atomic E-state index is 0.0675. The third-order valence-electron chi connectivity index (χ3n) is 8.56. The van der Waals surface area contributed by atoms with Crippen LogP contribution < -0.4 is 4.74 Å². The first-order valence-electron chi connectivity index (χ1n) is 16.4. The number of carbonyl (C=O) groups excluding carboxylic acids is 1. The Morgan fingerprint density at radius 3 is 2.12 bits per heavy atom. The molecule has 3 unspecified atom stereocenters. The number of aliphatic imine (C=N–C) groups is 1. The van der Waals surface area contributed by atoms with Crippen LogP contribution in [0.2, 0.25) is 10.0 Å². The van der Waals surface area contributed by atoms with Crippen LogP contribution in [0.1, 0.15) is 56.5 Å². The lowest BCUT2D eigenvalue weighted by molar-refractivity contribution is 0.143. The lowest BCUT2D eigenvalue weighted by Crippen LogP contribution is -2.55. The Labute approximate surface area is 303 Å². The number of rotatable bonds is 11. The number of carbonyl (C=O) groups is 1. The van der Waals surface area contributed by atoms with Crippen molar-refractivity contribution in [1.29, 1.82) is 0 Å². The molecule has 0 aromatic heterocycles. The first kappa shape index (κ1) is 37.4. The molecule has 3 aromatic rings. The van der Waals surface area contributed by atoms with E-state index in [4.69, 9.17) is 32.9 Å². The van der Waals surface area contributed by atoms with E-state index in [1.807, 2.05) is 56.3 Å². The van der Waals surface area contributed by atoms with Gasteiger partial charge >= 0.3 is 6.03 Å². The van der Waals surface area contributed by atoms with Crippen molar-refractivity contribution in [2.45, 2.75) is 44.7 Å². The number of sulfonamides is 1. The molecule has 2 aliphatic rings. The van der Waals surface area contributed by atoms with Crippen LogP contribution in [0.5, 0.6) is 5.75 Å². The molecule has 5 rings (SSSR count). The number of halogens is 2. The maximum atomic E-state index is 14.9. The van der Waals surface area contributed by atoms with Crippen LogP contribution in [0.15, 0.2) is 76.6 Å². The number of amidine groups is 1. The summed E-state index contributed by atoms with van der Waals surface area (Å²) in [7, 11) is -2.33. The van der Waals surface area contributed by atoms with Gasteiger partial charge in [0.2, 0.25) is 10.0 Å². The van der Waals surface area contributed by atoms with Crippen LogP contribution in [0.3, 0.4) is 0 Å². The van der Waals surface area contributed by atoms with E-state index in [2.05, 4.69) is 0 Å². The third-order valence-corrected chi connectivity index (χ3v) is 12.3. The third kappa shape index (κ3) is 8.22. The molecule has 3 aromatic carbocycles. The number of urea groups is 1. The van der Waals surface area contributed by atoms with Crippen molar-refractivity contribution in [3.8, 4) is 5.75 Å². The molecule has 14 heteroatoms. The molecule has 0 aliphatic carbocycles. The topological polar surface area (TPSA) is 109 Å². The molecule has 10 nitrogen and oxygen atoms in total. The summed E-state index contributed by atoms with van der Waals surface area (Å²) in [5.41, 5.74) is 2.00. The Balaban J connectivity index is 1.69. The van der Waals surface area contributed by atoms with Crippen molar-refractivity contribution in [1.82, 2.24) is 18.4 Å². The van der Waals surface area contributed by atoms with Crippen LogP contribution in [0.25, 0.3) is 0 Å². The smallest absolute Gasteiger partial charge is 0.326 e. The average Bonchev–Trinajstić information content (AvgIpc) is 3.48. The van der Waals surface area contributed by atoms with E-state index >= 15 is 0 Å². The average molecular weight is 749 g/mol. The molecular weight excluding hydrogens is 705 g/mol. The Bertz CT molecular complexity index is 1750. The molecule has 2 amide bonds. The number of benzene rings is 3. The van der Waals surface area contributed by atoms with Gasteiger partial charge in [-0.2, -0.15) is 0 Å². The van der Waals surface area contributed by atoms with E-state index in [9.17, 15) is 17.8 Å². The first-order chi connectivity index (χ1) is 23.3. The van der Waals surface area contributed by atoms with Gasteiger partial charge in [-0.1, -0.05) is 61.3 Å². The Kier molecular flexibility index (Phi) is 12.2. The fourth-order valence-electron chi connectivity index (χ4n) is 6.19. The molecule has 1 fully saturated rings. The van der Waals surface area contributed by atoms with E-state index in [1.54, 1.807) is 53.2 Å². The molecule has 0 N–H and O–H groups in total. The van der Waals surface area contributed by atoms with Gasteiger partial charge in [0, 0.05) is 48.1 Å². The summed E-state index contributed by atoms with van der Waals surface area (Å²) in [4.78, 5) is 23.5. The van der Waals surface area contributed by atoms with E-state index in [-0.39, 0.29) is 22.7 Å². The largest absolute Gasteiger partial charge is 0.598 e. The zero-order valence-electron chi connectivity index (χ0n) is 28.4. The number of piperazine rings is 1. The van der Waals surface area contributed by atoms with Gasteiger partial charge in [-0.3, -0.25) is 9.89 Å². The highest BCUT2D eigenvalue weighted by atomic mass is 35.5. The van der Waals surface area contributed by atoms with Gasteiger partial charge in [-0.05, 0) is 73.4 Å². The van der Waals surface area contributed by atoms with Crippen molar-refractivity contribution in [3.05, 3.63) is 93.5 Å². The molecule has 264 valence electrons. The normalized spacial score (nSPS) is 19.4. The van der Waals surface area contributed by atoms with Crippen LogP contribution in [-0.4, -0.2) is 95.4 Å². The number of amides is 2. The summed E-state index contributed by atoms with van der Waals surface area (Å²) < 4.78 is 49.5. The van der Waals surface area contributed by atoms with E-state index in [1.165, 1.54) is 10.4 Å². The summed E-state index contributed by atoms with van der Waals surface area (Å²) in [5, 5.41) is 1.11. The van der Waals surface area contributed by atoms with E-state index in [0.29, 0.717) is 66.4 Å². The standard InChI is InChI=1S/C35H43Cl2N5O5S2/c1-6-47-31-17-16-29(49(45,46)39(5)23-24(3)4)22-30(31)34-38-32(25-8-12-27(36)13-9-25)33(26-10-14-28(37)15-11-26)42(34)35(43)40-18-20-41(21-19-40)48(44)7-2/h8-17,22,24,32-33H,6-7,18-21,23H2,1-5H3. The Morgan fingerprint density at radius 1 is 0.980 bits per heavy atom. The molecule has 0 radical (unpaired) electrons. The van der Waals surface area contributed by atoms with Gasteiger partial charge < -0.3 is 14.2 Å². The van der Waals surface area contributed by atoms with Crippen molar-refractivity contribution in [3.63, 3.8) is 0 Å². The number of hydrogen-bond acceptors (Lipinski definition) is 7. The summed E-state index contributed by atoms with van der Waals surface area (Å²) in [5.74, 6) is 1.31. The summed E-state index contributed by atoms with van der Waals surface area (Å²) in [6, 6.07) is 17.9. The molecule has 0 saturated carbocycles. The zero-order chi connectivity index (χ0) is 35.5. The fourth-order valence-corrected chi connectivity index (χ4v) is 8.74. The number of hydrogen-bond donors (Lipinski definition) is 0. The second-order valence-electron chi connectivity index (χ2n) is 12.4. The molecule has 3 atom stereocenters. The van der Waals surface area contributed by atoms with Gasteiger partial charge in [0.25, 0.3) is 0 Å². The van der Waals surface area contributed by atoms with E-state index in [0.717, 1.165) is 11.1 Å². The lowest BCUT2D eigenvalue weighted by atomic mass is 9.93. The quantitative estimate of drug-likeness (QED) is 0.204. The molecule has 2 heterocycles. The SMILES string of the molecule is CCOc1ccc(S(=O)(=O)N(C)CC(C)C)cc1C1=NC(c2ccc(Cl)cc2)C(c2ccc(Cl)cc2)N1C(=O)N1CCN([S+]([O-])CC)CC1. The van der Waals surface area contributed by atoms with Crippen molar-refractivity contribution >= 4 is 56.5 Å². The van der Waals surface area contributed by atoms with Crippen LogP contribution >= 0.6 is 23.2 Å². The summed E-state index contributed by atoms with van der Waals surface area (Å²) in [6.45, 7) is 9.92. The predicted molar refractivity (Wildman–Crippen MR) is 196 cm³/mol. The Morgan fingerprint density at radius 2 is 1.57 bits per heavy atom. The molecular formula is C35H43Cl2N5O5S2. The van der Waals surface area contributed by atoms with Gasteiger partial charge in [0.1, 0.15) is 23.4 Å². The Hall–Kier alpha value is -2.84. The second-order valence-corrected chi connectivity index (χ2v) is 17.0. The predicted octanol–water partition coefficient (Wildman–Crippen LogP) is 6.63. The molecule has 0 bridgehead atoms. The van der Waals surface area contributed by atoms with Gasteiger partial charge in [0.15, 0.2) is 0 Å². The first-order valence-corrected chi connectivity index (χ1v) is 19.9. The highest BCUT2D eigenvalue weighted by Gasteiger charge is 2.45. The van der Waals surface area contributed by atoms with Crippen LogP contribution in [0, 0.1) is 5.92 Å². The van der Waals surface area contributed by atoms with Crippen molar-refractivity contribution in [2.75, 3.05) is 52.1 Å². The summed E-state index contributed by atoms with van der Waals surface area (Å²) >= 11 is 11.5. The fraction of sp³-hybridized carbons (Fsp3) is 0.429. The number of ether oxygens (including phenoxy) is 1. The molecule has 0 spiro atoms. The highest BCUT2D eigenvalue weighted by molar-refractivity contribution is 7.89. The molecule has 49 heavy (non-hydrogen) atoms. The van der Waals surface area contributed by atoms with Gasteiger partial charge in [0.05, 0.1) is 36.2 Å². The zero-order valence-corrected chi connectivity index (χ0v) is 31.5. The van der Waals surface area contributed by atoms with E-state index < -0.39 is 33.5 Å². The molecule has 2 aliphatic heterocycles. The van der Waals surface area contributed by atoms with Gasteiger partial charge in [-0.15, -0.1) is 4.31 Å². The highest BCUT2D eigenvalue weighted by Crippen LogP contribution is 2.46. The summed E-state index contributed by atoms with van der Waals surface area (Å²) in [6.07, 6.45) is 0. The van der Waals surface area contributed by atoms with Crippen molar-refractivity contribution < 1.29 is 22.5 Å². The maximum absolute atomic E-state index is 14.9. The minimum Gasteiger partial charge on any atom is -0.598 e. The van der Waals surface area contributed by atoms with Crippen molar-refractivity contribution in [2.24, 2.45) is 10.9 Å². The monoisotopic (exact) mass is 747 g/mol. The van der Waals surface area contributed by atoms with Gasteiger partial charge in [-0.25, -0.2) is 17.5 Å². The minimum atomic E-state index is -3.89. The second kappa shape index (κ2) is 16.0. The number of nitrogens with zero attached hydrogens (tertiary/aromatic N) is 5. The maximum Gasteiger partial charge on any atom is 0.326 e. The lowest BCUT2D eigenvalue weighted by Gasteiger charge is -2.38. The van der Waals surface area contributed by atoms with Crippen LogP contribution in [-0.2, 0) is 21.4 Å². The van der Waals surface area contributed by atoms with Crippen LogP contribution in [0.4, 0.5) is 4.79 Å². The molecule has 1 saturated heterocycles.